The largest absolute Gasteiger partial charge is 0.488 e. The fraction of sp³-hybridized carbons (Fsp3) is 0.537. The quantitative estimate of drug-likeness (QED) is 0.230. The van der Waals surface area contributed by atoms with Crippen LogP contribution >= 0.6 is 0 Å². The molecule has 4 fully saturated rings. The number of methoxy groups -OCH3 is 1. The van der Waals surface area contributed by atoms with Crippen molar-refractivity contribution in [2.24, 2.45) is 11.3 Å². The molecule has 3 aromatic rings. The Morgan fingerprint density at radius 2 is 1.70 bits per heavy atom. The molecule has 15 heteroatoms. The molecule has 0 radical (unpaired) electrons. The molecule has 4 amide bonds. The van der Waals surface area contributed by atoms with Crippen LogP contribution in [-0.2, 0) is 29.1 Å². The van der Waals surface area contributed by atoms with Gasteiger partial charge in [-0.1, -0.05) is 56.7 Å². The van der Waals surface area contributed by atoms with Gasteiger partial charge in [0.05, 0.1) is 24.4 Å². The van der Waals surface area contributed by atoms with Gasteiger partial charge in [0.2, 0.25) is 27.7 Å². The van der Waals surface area contributed by atoms with E-state index < -0.39 is 79.7 Å². The summed E-state index contributed by atoms with van der Waals surface area (Å²) in [4.78, 5) is 61.8. The van der Waals surface area contributed by atoms with Gasteiger partial charge in [0.25, 0.3) is 5.91 Å². The zero-order chi connectivity index (χ0) is 40.2. The summed E-state index contributed by atoms with van der Waals surface area (Å²) >= 11 is 0. The fourth-order valence-corrected chi connectivity index (χ4v) is 9.42. The number of hydrogen-bond donors (Lipinski definition) is 3. The molecule has 1 unspecified atom stereocenters. The normalized spacial score (nSPS) is 23.2. The second-order valence-electron chi connectivity index (χ2n) is 17.0. The van der Waals surface area contributed by atoms with Crippen LogP contribution in [-0.4, -0.2) is 90.3 Å². The molecule has 0 bridgehead atoms. The fourth-order valence-electron chi connectivity index (χ4n) is 8.06. The van der Waals surface area contributed by atoms with Crippen LogP contribution in [0.1, 0.15) is 79.6 Å². The van der Waals surface area contributed by atoms with E-state index in [0.717, 1.165) is 17.5 Å². The van der Waals surface area contributed by atoms with E-state index in [-0.39, 0.29) is 13.0 Å². The molecule has 7 rings (SSSR count). The third-order valence-corrected chi connectivity index (χ3v) is 13.2. The van der Waals surface area contributed by atoms with E-state index in [1.54, 1.807) is 40.7 Å². The number of likely N-dealkylation sites (tertiary alicyclic amines) is 1. The lowest BCUT2D eigenvalue weighted by molar-refractivity contribution is -0.142. The van der Waals surface area contributed by atoms with Gasteiger partial charge in [-0.2, -0.15) is 0 Å². The van der Waals surface area contributed by atoms with Crippen LogP contribution < -0.4 is 24.8 Å². The first kappa shape index (κ1) is 39.3. The van der Waals surface area contributed by atoms with Gasteiger partial charge < -0.3 is 29.7 Å². The maximum absolute atomic E-state index is 14.5. The topological polar surface area (TPSA) is 182 Å². The predicted octanol–water partition coefficient (Wildman–Crippen LogP) is 4.85. The van der Waals surface area contributed by atoms with Gasteiger partial charge in [-0.05, 0) is 82.1 Å². The Morgan fingerprint density at radius 3 is 2.29 bits per heavy atom. The van der Waals surface area contributed by atoms with E-state index in [2.05, 4.69) is 20.3 Å². The number of hydrogen-bond acceptors (Lipinski definition) is 10. The Kier molecular flexibility index (Phi) is 10.2. The van der Waals surface area contributed by atoms with E-state index >= 15 is 0 Å². The molecule has 56 heavy (non-hydrogen) atoms. The molecule has 3 aliphatic carbocycles. The summed E-state index contributed by atoms with van der Waals surface area (Å²) < 4.78 is 45.6. The maximum atomic E-state index is 14.5. The Labute approximate surface area is 327 Å². The highest BCUT2D eigenvalue weighted by molar-refractivity contribution is 7.91. The molecule has 1 aromatic heterocycles. The van der Waals surface area contributed by atoms with Gasteiger partial charge in [-0.15, -0.1) is 0 Å². The van der Waals surface area contributed by atoms with Crippen molar-refractivity contribution in [3.8, 4) is 22.8 Å². The van der Waals surface area contributed by atoms with Crippen molar-refractivity contribution in [3.05, 3.63) is 54.6 Å². The molecule has 1 saturated heterocycles. The van der Waals surface area contributed by atoms with Crippen molar-refractivity contribution in [2.45, 2.75) is 114 Å². The number of benzene rings is 2. The first-order valence-corrected chi connectivity index (χ1v) is 20.9. The van der Waals surface area contributed by atoms with E-state index in [4.69, 9.17) is 14.2 Å². The van der Waals surface area contributed by atoms with Crippen LogP contribution in [0.5, 0.6) is 11.6 Å². The van der Waals surface area contributed by atoms with E-state index in [1.165, 1.54) is 12.0 Å². The zero-order valence-corrected chi connectivity index (χ0v) is 33.5. The van der Waals surface area contributed by atoms with E-state index in [1.807, 2.05) is 48.5 Å². The molecular formula is C41H51N5O9S. The van der Waals surface area contributed by atoms with Crippen LogP contribution in [0.2, 0.25) is 0 Å². The Hall–Kier alpha value is -4.92. The van der Waals surface area contributed by atoms with Crippen molar-refractivity contribution in [2.75, 3.05) is 13.7 Å². The van der Waals surface area contributed by atoms with Crippen molar-refractivity contribution in [1.82, 2.24) is 25.2 Å². The molecule has 4 atom stereocenters. The summed E-state index contributed by atoms with van der Waals surface area (Å²) in [5.74, 6) is -1.50. The number of amides is 4. The Morgan fingerprint density at radius 1 is 0.982 bits per heavy atom. The lowest BCUT2D eigenvalue weighted by atomic mass is 9.77. The third-order valence-electron chi connectivity index (χ3n) is 11.4. The number of fused-ring (bicyclic) bond motifs is 1. The van der Waals surface area contributed by atoms with Crippen LogP contribution in [0.4, 0.5) is 4.79 Å². The van der Waals surface area contributed by atoms with Gasteiger partial charge >= 0.3 is 6.09 Å². The second kappa shape index (κ2) is 14.5. The minimum Gasteiger partial charge on any atom is -0.488 e. The van der Waals surface area contributed by atoms with Gasteiger partial charge in [0, 0.05) is 23.3 Å². The number of nitrogens with zero attached hydrogens (tertiary/aromatic N) is 2. The monoisotopic (exact) mass is 789 g/mol. The smallest absolute Gasteiger partial charge is 0.408 e. The Bertz CT molecular complexity index is 2150. The lowest BCUT2D eigenvalue weighted by Gasteiger charge is -2.35. The molecule has 3 N–H and O–H groups in total. The van der Waals surface area contributed by atoms with Crippen molar-refractivity contribution in [3.63, 3.8) is 0 Å². The van der Waals surface area contributed by atoms with Crippen LogP contribution in [0.15, 0.2) is 54.6 Å². The number of carbonyl (C=O) groups excluding carboxylic acids is 4. The summed E-state index contributed by atoms with van der Waals surface area (Å²) in [5, 5.41) is 5.74. The molecule has 1 aliphatic heterocycles. The molecule has 2 aromatic carbocycles. The highest BCUT2D eigenvalue weighted by Crippen LogP contribution is 2.68. The minimum absolute atomic E-state index is 0.0230. The van der Waals surface area contributed by atoms with Gasteiger partial charge in [0.15, 0.2) is 0 Å². The minimum atomic E-state index is -3.88. The molecule has 2 heterocycles. The van der Waals surface area contributed by atoms with Crippen molar-refractivity contribution in [1.29, 1.82) is 0 Å². The summed E-state index contributed by atoms with van der Waals surface area (Å²) in [6.45, 7) is 8.69. The molecule has 300 valence electrons. The number of sulfonamides is 1. The van der Waals surface area contributed by atoms with Crippen molar-refractivity contribution < 1.29 is 41.8 Å². The van der Waals surface area contributed by atoms with Gasteiger partial charge in [-0.25, -0.2) is 18.2 Å². The first-order valence-electron chi connectivity index (χ1n) is 19.3. The summed E-state index contributed by atoms with van der Waals surface area (Å²) in [5.41, 5.74) is -0.201. The summed E-state index contributed by atoms with van der Waals surface area (Å²) in [7, 11) is -2.37. The first-order chi connectivity index (χ1) is 26.4. The molecule has 1 spiro atoms. The highest BCUT2D eigenvalue weighted by Gasteiger charge is 2.75. The number of ether oxygens (including phenoxy) is 3. The maximum Gasteiger partial charge on any atom is 0.408 e. The number of carbonyl (C=O) groups is 4. The number of pyridine rings is 1. The predicted molar refractivity (Wildman–Crippen MR) is 208 cm³/mol. The van der Waals surface area contributed by atoms with Crippen LogP contribution in [0.25, 0.3) is 22.0 Å². The molecule has 4 aliphatic rings. The van der Waals surface area contributed by atoms with E-state index in [0.29, 0.717) is 54.6 Å². The summed E-state index contributed by atoms with van der Waals surface area (Å²) in [6.07, 6.45) is 2.03. The SMILES string of the molecule is COc1cc(O[C@@H]2C[C@@H](C(=O)NC3(C(=O)NS(=O)(=O)C4CC4)CC34CCC4)N(C(=O)[C@@H](NC(=O)OC(C)(C)C)C(C)C)C2)c2ccc(-c3ccccc3)cc2n1. The number of nitrogens with one attached hydrogen (secondary N) is 3. The lowest BCUT2D eigenvalue weighted by Crippen LogP contribution is -2.60. The average molecular weight is 790 g/mol. The molecule has 3 saturated carbocycles. The molecule has 14 nitrogen and oxygen atoms in total. The zero-order valence-electron chi connectivity index (χ0n) is 32.7. The second-order valence-corrected chi connectivity index (χ2v) is 19.0. The molecular weight excluding hydrogens is 739 g/mol. The standard InChI is InChI=1S/C41H51N5O9S/c1-24(2)34(43-38(50)55-39(3,4)5)36(48)46-22-27(54-32-21-33(53-6)42-30-19-26(13-16-29(30)32)25-11-8-7-9-12-25)20-31(46)35(47)44-41(23-40(41)17-10-18-40)37(49)45-56(51,52)28-14-15-28/h7-9,11-13,16,19,21,24,27-28,31,34H,10,14-15,17-18,20,22-23H2,1-6H3,(H,43,50)(H,44,47)(H,45,49)/t27-,31+,34+,41?/m1/s1. The Balaban J connectivity index is 1.19. The van der Waals surface area contributed by atoms with E-state index in [9.17, 15) is 27.6 Å². The third kappa shape index (κ3) is 7.74. The van der Waals surface area contributed by atoms with Crippen LogP contribution in [0, 0.1) is 11.3 Å². The number of alkyl carbamates (subject to hydrolysis) is 1. The number of rotatable bonds is 12. The highest BCUT2D eigenvalue weighted by atomic mass is 32.2. The summed E-state index contributed by atoms with van der Waals surface area (Å²) in [6, 6.07) is 15.2. The number of aromatic nitrogens is 1. The van der Waals surface area contributed by atoms with Crippen LogP contribution in [0.3, 0.4) is 0 Å². The van der Waals surface area contributed by atoms with Gasteiger partial charge in [-0.3, -0.25) is 19.1 Å². The van der Waals surface area contributed by atoms with Gasteiger partial charge in [0.1, 0.15) is 35.1 Å². The average Bonchev–Trinajstić information content (AvgIpc) is 4.05. The van der Waals surface area contributed by atoms with Crippen molar-refractivity contribution >= 4 is 44.7 Å².